The minimum atomic E-state index is -3.74. The molecule has 3 aromatic rings. The molecule has 1 saturated carbocycles. The number of fused-ring (bicyclic) bond motifs is 1. The van der Waals surface area contributed by atoms with E-state index in [-0.39, 0.29) is 10.8 Å². The minimum Gasteiger partial charge on any atom is -0.391 e. The van der Waals surface area contributed by atoms with Crippen LogP contribution in [0, 0.1) is 0 Å². The number of benzene rings is 2. The fourth-order valence-electron chi connectivity index (χ4n) is 3.80. The van der Waals surface area contributed by atoms with Gasteiger partial charge in [-0.2, -0.15) is 0 Å². The molecule has 0 bridgehead atoms. The van der Waals surface area contributed by atoms with Gasteiger partial charge in [-0.05, 0) is 67.8 Å². The second-order valence-corrected chi connectivity index (χ2v) is 9.65. The number of aliphatic hydroxyl groups excluding tert-OH is 1. The maximum Gasteiger partial charge on any atom is 0.272 e. The first-order chi connectivity index (χ1) is 14.2. The summed E-state index contributed by atoms with van der Waals surface area (Å²) >= 11 is 6.02. The predicted molar refractivity (Wildman–Crippen MR) is 116 cm³/mol. The number of carbonyl (C=O) groups is 1. The first-order valence-electron chi connectivity index (χ1n) is 9.61. The van der Waals surface area contributed by atoms with Crippen molar-refractivity contribution in [3.63, 3.8) is 0 Å². The molecule has 2 aromatic carbocycles. The molecule has 1 fully saturated rings. The first-order valence-corrected chi connectivity index (χ1v) is 11.5. The predicted octanol–water partition coefficient (Wildman–Crippen LogP) is 3.28. The molecule has 30 heavy (non-hydrogen) atoms. The van der Waals surface area contributed by atoms with Gasteiger partial charge in [-0.25, -0.2) is 13.1 Å². The summed E-state index contributed by atoms with van der Waals surface area (Å²) in [5.41, 5.74) is 1.81. The van der Waals surface area contributed by atoms with Crippen LogP contribution in [-0.4, -0.2) is 36.1 Å². The smallest absolute Gasteiger partial charge is 0.272 e. The van der Waals surface area contributed by atoms with Crippen LogP contribution in [0.15, 0.2) is 53.4 Å². The van der Waals surface area contributed by atoms with Crippen molar-refractivity contribution in [2.75, 3.05) is 5.32 Å². The van der Waals surface area contributed by atoms with E-state index in [2.05, 4.69) is 10.0 Å². The Labute approximate surface area is 179 Å². The molecule has 0 aliphatic heterocycles. The number of carbonyl (C=O) groups excluding carboxylic acids is 1. The highest BCUT2D eigenvalue weighted by Gasteiger charge is 2.29. The third-order valence-electron chi connectivity index (χ3n) is 5.45. The second kappa shape index (κ2) is 8.03. The van der Waals surface area contributed by atoms with Crippen LogP contribution in [0.3, 0.4) is 0 Å². The number of anilines is 1. The van der Waals surface area contributed by atoms with E-state index >= 15 is 0 Å². The van der Waals surface area contributed by atoms with E-state index in [0.29, 0.717) is 29.2 Å². The van der Waals surface area contributed by atoms with Gasteiger partial charge in [0.1, 0.15) is 5.69 Å². The molecule has 4 rings (SSSR count). The number of halogens is 1. The normalized spacial score (nSPS) is 19.3. The Kier molecular flexibility index (Phi) is 5.59. The molecule has 2 unspecified atom stereocenters. The number of nitrogens with zero attached hydrogens (tertiary/aromatic N) is 1. The van der Waals surface area contributed by atoms with E-state index in [4.69, 9.17) is 11.6 Å². The van der Waals surface area contributed by atoms with Crippen LogP contribution in [0.25, 0.3) is 10.9 Å². The Morgan fingerprint density at radius 2 is 1.87 bits per heavy atom. The van der Waals surface area contributed by atoms with E-state index in [9.17, 15) is 18.3 Å². The van der Waals surface area contributed by atoms with E-state index in [1.807, 2.05) is 6.07 Å². The molecule has 9 heteroatoms. The molecule has 1 aromatic heterocycles. The molecule has 1 aliphatic rings. The largest absolute Gasteiger partial charge is 0.391 e. The van der Waals surface area contributed by atoms with Crippen molar-refractivity contribution in [1.82, 2.24) is 9.29 Å². The number of aryl methyl sites for hydroxylation is 1. The molecular weight excluding hydrogens is 426 g/mol. The fraction of sp³-hybridized carbons (Fsp3) is 0.286. The van der Waals surface area contributed by atoms with Crippen LogP contribution in [0.4, 0.5) is 5.69 Å². The highest BCUT2D eigenvalue weighted by molar-refractivity contribution is 7.89. The Morgan fingerprint density at radius 1 is 1.13 bits per heavy atom. The van der Waals surface area contributed by atoms with Crippen LogP contribution in [0.1, 0.15) is 29.8 Å². The lowest BCUT2D eigenvalue weighted by molar-refractivity contribution is 0.101. The highest BCUT2D eigenvalue weighted by atomic mass is 35.5. The highest BCUT2D eigenvalue weighted by Crippen LogP contribution is 2.24. The molecule has 1 aliphatic carbocycles. The van der Waals surface area contributed by atoms with Crippen LogP contribution in [-0.2, 0) is 17.1 Å². The van der Waals surface area contributed by atoms with E-state index < -0.39 is 22.2 Å². The van der Waals surface area contributed by atoms with E-state index in [0.717, 1.165) is 17.3 Å². The van der Waals surface area contributed by atoms with Crippen molar-refractivity contribution in [1.29, 1.82) is 0 Å². The molecule has 0 saturated heterocycles. The van der Waals surface area contributed by atoms with Gasteiger partial charge in [0.2, 0.25) is 10.0 Å². The summed E-state index contributed by atoms with van der Waals surface area (Å²) in [4.78, 5) is 12.8. The lowest BCUT2D eigenvalue weighted by Gasteiger charge is -2.16. The number of amides is 1. The topological polar surface area (TPSA) is 100 Å². The fourth-order valence-corrected chi connectivity index (χ4v) is 5.28. The van der Waals surface area contributed by atoms with Gasteiger partial charge >= 0.3 is 0 Å². The Hall–Kier alpha value is -2.39. The summed E-state index contributed by atoms with van der Waals surface area (Å²) in [7, 11) is -1.95. The van der Waals surface area contributed by atoms with Gasteiger partial charge in [-0.15, -0.1) is 0 Å². The average Bonchev–Trinajstić information content (AvgIpc) is 3.24. The standard InChI is InChI=1S/C21H22ClN3O4S/c1-25-18-10-5-14(22)11-13(18)12-19(25)21(27)23-15-6-8-16(9-7-15)30(28,29)24-17-3-2-4-20(17)26/h5-12,17,20,24,26H,2-4H2,1H3,(H,23,27). The van der Waals surface area contributed by atoms with Crippen LogP contribution < -0.4 is 10.0 Å². The Morgan fingerprint density at radius 3 is 2.53 bits per heavy atom. The summed E-state index contributed by atoms with van der Waals surface area (Å²) in [5.74, 6) is -0.312. The molecule has 7 nitrogen and oxygen atoms in total. The second-order valence-electron chi connectivity index (χ2n) is 7.50. The lowest BCUT2D eigenvalue weighted by Crippen LogP contribution is -2.39. The lowest BCUT2D eigenvalue weighted by atomic mass is 10.2. The van der Waals surface area contributed by atoms with Gasteiger partial charge in [0.25, 0.3) is 5.91 Å². The number of rotatable bonds is 5. The van der Waals surface area contributed by atoms with Gasteiger partial charge in [-0.1, -0.05) is 11.6 Å². The number of nitrogens with one attached hydrogen (secondary N) is 2. The van der Waals surface area contributed by atoms with E-state index in [1.54, 1.807) is 29.8 Å². The van der Waals surface area contributed by atoms with Crippen molar-refractivity contribution >= 4 is 44.1 Å². The van der Waals surface area contributed by atoms with Gasteiger partial charge in [-0.3, -0.25) is 4.79 Å². The van der Waals surface area contributed by atoms with Crippen LogP contribution in [0.2, 0.25) is 5.02 Å². The summed E-state index contributed by atoms with van der Waals surface area (Å²) in [6.45, 7) is 0. The average molecular weight is 448 g/mol. The zero-order valence-corrected chi connectivity index (χ0v) is 17.9. The number of aliphatic hydroxyl groups is 1. The SMILES string of the molecule is Cn1c(C(=O)Nc2ccc(S(=O)(=O)NC3CCCC3O)cc2)cc2cc(Cl)ccc21. The number of sulfonamides is 1. The van der Waals surface area contributed by atoms with Crippen LogP contribution in [0.5, 0.6) is 0 Å². The first kappa shape index (κ1) is 20.9. The Bertz CT molecular complexity index is 1200. The summed E-state index contributed by atoms with van der Waals surface area (Å²) in [6.07, 6.45) is 1.34. The molecule has 1 heterocycles. The van der Waals surface area contributed by atoms with Crippen molar-refractivity contribution in [2.24, 2.45) is 7.05 Å². The van der Waals surface area contributed by atoms with Gasteiger partial charge < -0.3 is 15.0 Å². The molecule has 0 radical (unpaired) electrons. The third-order valence-corrected chi connectivity index (χ3v) is 7.19. The summed E-state index contributed by atoms with van der Waals surface area (Å²) in [5, 5.41) is 14.1. The van der Waals surface area contributed by atoms with Gasteiger partial charge in [0.15, 0.2) is 0 Å². The summed E-state index contributed by atoms with van der Waals surface area (Å²) < 4.78 is 29.4. The maximum absolute atomic E-state index is 12.7. The van der Waals surface area contributed by atoms with Crippen molar-refractivity contribution in [2.45, 2.75) is 36.3 Å². The number of aromatic nitrogens is 1. The quantitative estimate of drug-likeness (QED) is 0.558. The van der Waals surface area contributed by atoms with E-state index in [1.165, 1.54) is 24.3 Å². The molecule has 3 N–H and O–H groups in total. The van der Waals surface area contributed by atoms with Crippen molar-refractivity contribution in [3.8, 4) is 0 Å². The molecule has 158 valence electrons. The number of hydrogen-bond donors (Lipinski definition) is 3. The van der Waals surface area contributed by atoms with Crippen molar-refractivity contribution < 1.29 is 18.3 Å². The van der Waals surface area contributed by atoms with Crippen LogP contribution >= 0.6 is 11.6 Å². The third kappa shape index (κ3) is 4.09. The zero-order chi connectivity index (χ0) is 21.5. The molecule has 1 amide bonds. The van der Waals surface area contributed by atoms with Gasteiger partial charge in [0.05, 0.1) is 11.0 Å². The molecular formula is C21H22ClN3O4S. The van der Waals surface area contributed by atoms with Gasteiger partial charge in [0, 0.05) is 34.7 Å². The molecule has 0 spiro atoms. The summed E-state index contributed by atoms with van der Waals surface area (Å²) in [6, 6.07) is 12.6. The maximum atomic E-state index is 12.7. The monoisotopic (exact) mass is 447 g/mol. The Balaban J connectivity index is 1.49. The molecule has 2 atom stereocenters. The zero-order valence-electron chi connectivity index (χ0n) is 16.3. The minimum absolute atomic E-state index is 0.0823. The van der Waals surface area contributed by atoms with Crippen molar-refractivity contribution in [3.05, 3.63) is 59.2 Å². The number of hydrogen-bond acceptors (Lipinski definition) is 4.